The van der Waals surface area contributed by atoms with E-state index in [-0.39, 0.29) is 12.0 Å². The number of hydrogen-bond donors (Lipinski definition) is 1. The topological polar surface area (TPSA) is 51.2 Å². The van der Waals surface area contributed by atoms with Crippen molar-refractivity contribution in [3.63, 3.8) is 0 Å². The average Bonchev–Trinajstić information content (AvgIpc) is 2.55. The van der Waals surface area contributed by atoms with Crippen molar-refractivity contribution in [3.8, 4) is 0 Å². The molecule has 1 aromatic rings. The molecule has 0 spiro atoms. The van der Waals surface area contributed by atoms with Crippen molar-refractivity contribution >= 4 is 16.5 Å². The normalized spacial score (nSPS) is 19.4. The number of fused-ring (bicyclic) bond motifs is 1. The fourth-order valence-corrected chi connectivity index (χ4v) is 2.59. The molecule has 1 aliphatic rings. The fourth-order valence-electron chi connectivity index (χ4n) is 2.21. The highest BCUT2D eigenvalue weighted by Crippen LogP contribution is 2.42. The molecular weight excluding hydrogens is 269 g/mol. The Morgan fingerprint density at radius 3 is 2.50 bits per heavy atom. The van der Waals surface area contributed by atoms with Gasteiger partial charge in [-0.05, 0) is 18.1 Å². The van der Waals surface area contributed by atoms with Crippen molar-refractivity contribution in [2.45, 2.75) is 24.5 Å². The predicted molar refractivity (Wildman–Crippen MR) is 58.0 cm³/mol. The number of hydrogen-bond acceptors (Lipinski definition) is 3. The van der Waals surface area contributed by atoms with Gasteiger partial charge in [0.25, 0.3) is 0 Å². The van der Waals surface area contributed by atoms with Gasteiger partial charge in [0.15, 0.2) is 5.78 Å². The van der Waals surface area contributed by atoms with Crippen LogP contribution >= 0.6 is 0 Å². The Hall–Kier alpha value is -1.37. The number of carbonyl (C=O) groups excluding carboxylic acids is 1. The van der Waals surface area contributed by atoms with Gasteiger partial charge in [0.05, 0.1) is 0 Å². The number of Topliss-reactive ketones (excluding diaryl/α,β-unsaturated/α-hetero) is 1. The van der Waals surface area contributed by atoms with Crippen LogP contribution in [0.3, 0.4) is 0 Å². The van der Waals surface area contributed by atoms with E-state index in [1.807, 2.05) is 0 Å². The number of ketones is 1. The molecule has 2 rings (SSSR count). The summed E-state index contributed by atoms with van der Waals surface area (Å²) in [6.07, 6.45) is -0.0883. The number of carbonyl (C=O) groups is 1. The lowest BCUT2D eigenvalue weighted by Crippen LogP contribution is -2.19. The molecule has 18 heavy (non-hydrogen) atoms. The van der Waals surface area contributed by atoms with Gasteiger partial charge in [-0.15, -0.1) is 0 Å². The Morgan fingerprint density at radius 2 is 1.94 bits per heavy atom. The van der Waals surface area contributed by atoms with Crippen LogP contribution in [0.2, 0.25) is 0 Å². The Bertz CT molecular complexity index is 600. The minimum absolute atomic E-state index is 0.0883. The molecule has 0 heterocycles. The Labute approximate surface area is 103 Å². The molecule has 0 N–H and O–H groups in total. The van der Waals surface area contributed by atoms with Crippen LogP contribution in [0.5, 0.6) is 0 Å². The molecule has 7 heteroatoms. The number of benzene rings is 1. The van der Waals surface area contributed by atoms with Crippen molar-refractivity contribution in [3.05, 3.63) is 34.6 Å². The van der Waals surface area contributed by atoms with E-state index in [1.54, 1.807) is 0 Å². The van der Waals surface area contributed by atoms with Crippen molar-refractivity contribution in [1.29, 1.82) is 0 Å². The van der Waals surface area contributed by atoms with Crippen LogP contribution in [0.15, 0.2) is 12.1 Å². The van der Waals surface area contributed by atoms with E-state index in [4.69, 9.17) is 0 Å². The molecule has 3 nitrogen and oxygen atoms in total. The highest BCUT2D eigenvalue weighted by molar-refractivity contribution is 7.73. The second-order valence-corrected chi connectivity index (χ2v) is 5.29. The van der Waals surface area contributed by atoms with E-state index in [0.717, 1.165) is 6.07 Å². The zero-order valence-corrected chi connectivity index (χ0v) is 10.1. The van der Waals surface area contributed by atoms with Gasteiger partial charge in [-0.25, -0.2) is 12.8 Å². The largest absolute Gasteiger partial charge is 0.369 e. The molecule has 98 valence electrons. The molecule has 0 radical (unpaired) electrons. The maximum Gasteiger partial charge on any atom is 0.369 e. The molecule has 0 aliphatic heterocycles. The Balaban J connectivity index is 2.78. The van der Waals surface area contributed by atoms with Gasteiger partial charge in [0.1, 0.15) is 5.82 Å². The first-order chi connectivity index (χ1) is 8.26. The summed E-state index contributed by atoms with van der Waals surface area (Å²) in [5.74, 6) is -1.93. The molecule has 1 aliphatic carbocycles. The summed E-state index contributed by atoms with van der Waals surface area (Å²) in [6, 6.07) is 1.44. The number of rotatable bonds is 2. The third-order valence-corrected chi connectivity index (χ3v) is 3.71. The molecule has 0 fully saturated rings. The first kappa shape index (κ1) is 13.1. The molecule has 0 bridgehead atoms. The van der Waals surface area contributed by atoms with Crippen molar-refractivity contribution in [2.75, 3.05) is 0 Å². The summed E-state index contributed by atoms with van der Waals surface area (Å²) in [4.78, 5) is 11.6. The lowest BCUT2D eigenvalue weighted by molar-refractivity contribution is 0.0887. The Morgan fingerprint density at radius 1 is 1.33 bits per heavy atom. The standard InChI is InChI=1S/C11H9F3O3S/c1-5-4-8(15)10-6(11(13,14)18(16)17)2-3-7(12)9(5)10/h2-3,5,18H,4H2,1H3. The summed E-state index contributed by atoms with van der Waals surface area (Å²) >= 11 is 0. The molecule has 0 saturated carbocycles. The third-order valence-electron chi connectivity index (χ3n) is 3.01. The SMILES string of the molecule is CC1CC(=O)c2c(C(F)(F)[SH](=O)=O)ccc(F)c21. The highest BCUT2D eigenvalue weighted by Gasteiger charge is 2.43. The summed E-state index contributed by atoms with van der Waals surface area (Å²) in [5, 5.41) is -4.16. The second kappa shape index (κ2) is 4.08. The van der Waals surface area contributed by atoms with E-state index >= 15 is 0 Å². The van der Waals surface area contributed by atoms with E-state index in [2.05, 4.69) is 0 Å². The lowest BCUT2D eigenvalue weighted by atomic mass is 9.99. The molecule has 0 aromatic heterocycles. The summed E-state index contributed by atoms with van der Waals surface area (Å²) in [7, 11) is -4.08. The third kappa shape index (κ3) is 1.73. The first-order valence-corrected chi connectivity index (χ1v) is 6.33. The van der Waals surface area contributed by atoms with E-state index in [9.17, 15) is 26.4 Å². The van der Waals surface area contributed by atoms with Gasteiger partial charge < -0.3 is 0 Å². The average molecular weight is 278 g/mol. The summed E-state index contributed by atoms with van der Waals surface area (Å²) in [6.45, 7) is 1.53. The minimum atomic E-state index is -4.16. The quantitative estimate of drug-likeness (QED) is 0.844. The highest BCUT2D eigenvalue weighted by atomic mass is 32.2. The van der Waals surface area contributed by atoms with Crippen LogP contribution in [0, 0.1) is 5.82 Å². The van der Waals surface area contributed by atoms with Gasteiger partial charge in [-0.2, -0.15) is 8.78 Å². The van der Waals surface area contributed by atoms with Crippen LogP contribution in [0.4, 0.5) is 13.2 Å². The maximum absolute atomic E-state index is 13.5. The van der Waals surface area contributed by atoms with E-state index < -0.39 is 44.6 Å². The van der Waals surface area contributed by atoms with Gasteiger partial charge in [-0.3, -0.25) is 4.79 Å². The molecule has 0 amide bonds. The van der Waals surface area contributed by atoms with Crippen LogP contribution in [-0.4, -0.2) is 14.2 Å². The monoisotopic (exact) mass is 278 g/mol. The van der Waals surface area contributed by atoms with Crippen molar-refractivity contribution < 1.29 is 26.4 Å². The van der Waals surface area contributed by atoms with Crippen LogP contribution in [-0.2, 0) is 16.0 Å². The van der Waals surface area contributed by atoms with E-state index in [1.165, 1.54) is 6.92 Å². The van der Waals surface area contributed by atoms with Gasteiger partial charge >= 0.3 is 5.25 Å². The molecule has 1 atom stereocenters. The zero-order chi connectivity index (χ0) is 13.7. The molecule has 1 unspecified atom stereocenters. The molecule has 1 aromatic carbocycles. The lowest BCUT2D eigenvalue weighted by Gasteiger charge is -2.14. The molecular formula is C11H9F3O3S. The first-order valence-electron chi connectivity index (χ1n) is 5.15. The molecule has 0 saturated heterocycles. The van der Waals surface area contributed by atoms with Crippen LogP contribution in [0.25, 0.3) is 0 Å². The van der Waals surface area contributed by atoms with Crippen molar-refractivity contribution in [1.82, 2.24) is 0 Å². The smallest absolute Gasteiger partial charge is 0.294 e. The van der Waals surface area contributed by atoms with E-state index in [0.29, 0.717) is 6.07 Å². The number of halogens is 3. The van der Waals surface area contributed by atoms with Gasteiger partial charge in [0.2, 0.25) is 10.7 Å². The summed E-state index contributed by atoms with van der Waals surface area (Å²) < 4.78 is 61.7. The van der Waals surface area contributed by atoms with Crippen LogP contribution < -0.4 is 0 Å². The Kier molecular flexibility index (Phi) is 2.96. The van der Waals surface area contributed by atoms with Crippen molar-refractivity contribution in [2.24, 2.45) is 0 Å². The summed E-state index contributed by atoms with van der Waals surface area (Å²) in [5.41, 5.74) is -1.52. The predicted octanol–water partition coefficient (Wildman–Crippen LogP) is 2.18. The van der Waals surface area contributed by atoms with Gasteiger partial charge in [0, 0.05) is 23.1 Å². The minimum Gasteiger partial charge on any atom is -0.294 e. The van der Waals surface area contributed by atoms with Gasteiger partial charge in [-0.1, -0.05) is 6.92 Å². The fraction of sp³-hybridized carbons (Fsp3) is 0.364. The van der Waals surface area contributed by atoms with Crippen LogP contribution in [0.1, 0.15) is 40.7 Å². The second-order valence-electron chi connectivity index (χ2n) is 4.21. The maximum atomic E-state index is 13.5. The number of thiol groups is 1. The zero-order valence-electron chi connectivity index (χ0n) is 9.25. The number of alkyl halides is 2.